The highest BCUT2D eigenvalue weighted by Gasteiger charge is 2.12. The number of benzene rings is 2. The largest absolute Gasteiger partial charge is 0.493 e. The van der Waals surface area contributed by atoms with E-state index in [4.69, 9.17) is 14.2 Å². The molecule has 0 saturated heterocycles. The minimum Gasteiger partial charge on any atom is -0.493 e. The normalized spacial score (nSPS) is 10.5. The zero-order valence-electron chi connectivity index (χ0n) is 15.0. The molecule has 0 unspecified atom stereocenters. The third kappa shape index (κ3) is 5.19. The molecule has 0 saturated carbocycles. The quantitative estimate of drug-likeness (QED) is 0.571. The lowest BCUT2D eigenvalue weighted by atomic mass is 10.0. The Balaban J connectivity index is 1.77. The molecule has 130 valence electrons. The summed E-state index contributed by atoms with van der Waals surface area (Å²) >= 11 is 0. The summed E-state index contributed by atoms with van der Waals surface area (Å²) in [5, 5.41) is 0. The topological polar surface area (TPSA) is 27.7 Å². The van der Waals surface area contributed by atoms with Crippen molar-refractivity contribution in [3.05, 3.63) is 53.6 Å². The molecule has 0 aliphatic rings. The van der Waals surface area contributed by atoms with E-state index < -0.39 is 0 Å². The second-order valence-corrected chi connectivity index (χ2v) is 5.93. The van der Waals surface area contributed by atoms with E-state index in [1.165, 1.54) is 43.2 Å². The number of hydrogen-bond donors (Lipinski definition) is 0. The predicted molar refractivity (Wildman–Crippen MR) is 98.4 cm³/mol. The fourth-order valence-corrected chi connectivity index (χ4v) is 2.94. The van der Waals surface area contributed by atoms with Crippen LogP contribution in [0.1, 0.15) is 36.8 Å². The lowest BCUT2D eigenvalue weighted by Gasteiger charge is -2.14. The van der Waals surface area contributed by atoms with Gasteiger partial charge in [-0.05, 0) is 48.9 Å². The number of hydrogen-bond acceptors (Lipinski definition) is 3. The SMILES string of the molecule is COc1cc(CCCCCCc2ccccc2)cc(OC)c1OC. The Hall–Kier alpha value is -2.16. The molecule has 0 aliphatic carbocycles. The molecule has 0 spiro atoms. The number of ether oxygens (including phenoxy) is 3. The number of unbranched alkanes of at least 4 members (excludes halogenated alkanes) is 3. The first-order valence-corrected chi connectivity index (χ1v) is 8.61. The van der Waals surface area contributed by atoms with E-state index in [-0.39, 0.29) is 0 Å². The van der Waals surface area contributed by atoms with Gasteiger partial charge in [0.15, 0.2) is 11.5 Å². The molecule has 0 fully saturated rings. The summed E-state index contributed by atoms with van der Waals surface area (Å²) in [5.74, 6) is 2.12. The van der Waals surface area contributed by atoms with E-state index in [9.17, 15) is 0 Å². The van der Waals surface area contributed by atoms with Gasteiger partial charge in [-0.25, -0.2) is 0 Å². The van der Waals surface area contributed by atoms with Crippen molar-refractivity contribution in [3.8, 4) is 17.2 Å². The first-order valence-electron chi connectivity index (χ1n) is 8.61. The van der Waals surface area contributed by atoms with Crippen LogP contribution in [-0.2, 0) is 12.8 Å². The van der Waals surface area contributed by atoms with Gasteiger partial charge in [0, 0.05) is 0 Å². The van der Waals surface area contributed by atoms with Crippen molar-refractivity contribution in [2.24, 2.45) is 0 Å². The smallest absolute Gasteiger partial charge is 0.203 e. The van der Waals surface area contributed by atoms with Crippen molar-refractivity contribution in [1.82, 2.24) is 0 Å². The van der Waals surface area contributed by atoms with Crippen LogP contribution in [0.3, 0.4) is 0 Å². The highest BCUT2D eigenvalue weighted by molar-refractivity contribution is 5.53. The lowest BCUT2D eigenvalue weighted by Crippen LogP contribution is -1.97. The van der Waals surface area contributed by atoms with E-state index >= 15 is 0 Å². The van der Waals surface area contributed by atoms with Gasteiger partial charge in [0.05, 0.1) is 21.3 Å². The maximum Gasteiger partial charge on any atom is 0.203 e. The summed E-state index contributed by atoms with van der Waals surface area (Å²) in [6.45, 7) is 0. The second-order valence-electron chi connectivity index (χ2n) is 5.93. The van der Waals surface area contributed by atoms with E-state index in [0.29, 0.717) is 5.75 Å². The Bertz CT molecular complexity index is 583. The second kappa shape index (κ2) is 9.86. The molecule has 0 heterocycles. The third-order valence-corrected chi connectivity index (χ3v) is 4.25. The number of rotatable bonds is 10. The predicted octanol–water partition coefficient (Wildman–Crippen LogP) is 5.06. The Morgan fingerprint density at radius 3 is 1.67 bits per heavy atom. The minimum atomic E-state index is 0.659. The van der Waals surface area contributed by atoms with Crippen molar-refractivity contribution in [2.75, 3.05) is 21.3 Å². The highest BCUT2D eigenvalue weighted by Crippen LogP contribution is 2.38. The Labute approximate surface area is 145 Å². The van der Waals surface area contributed by atoms with E-state index in [0.717, 1.165) is 17.9 Å². The Kier molecular flexibility index (Phi) is 7.47. The van der Waals surface area contributed by atoms with E-state index in [2.05, 4.69) is 30.3 Å². The van der Waals surface area contributed by atoms with Crippen LogP contribution in [0, 0.1) is 0 Å². The zero-order chi connectivity index (χ0) is 17.2. The van der Waals surface area contributed by atoms with Gasteiger partial charge in [0.2, 0.25) is 5.75 Å². The number of aryl methyl sites for hydroxylation is 2. The van der Waals surface area contributed by atoms with Crippen LogP contribution in [0.15, 0.2) is 42.5 Å². The molecule has 0 radical (unpaired) electrons. The first-order chi connectivity index (χ1) is 11.8. The lowest BCUT2D eigenvalue weighted by molar-refractivity contribution is 0.323. The molecule has 0 bridgehead atoms. The molecule has 2 rings (SSSR count). The summed E-state index contributed by atoms with van der Waals surface area (Å²) in [6, 6.07) is 14.8. The fourth-order valence-electron chi connectivity index (χ4n) is 2.94. The van der Waals surface area contributed by atoms with Crippen LogP contribution in [0.2, 0.25) is 0 Å². The van der Waals surface area contributed by atoms with Crippen LogP contribution in [0.5, 0.6) is 17.2 Å². The van der Waals surface area contributed by atoms with Crippen LogP contribution in [0.25, 0.3) is 0 Å². The average molecular weight is 328 g/mol. The van der Waals surface area contributed by atoms with Gasteiger partial charge in [-0.2, -0.15) is 0 Å². The standard InChI is InChI=1S/C21H28O3/c1-22-19-15-18(16-20(23-2)21(19)24-3)14-8-5-4-7-11-17-12-9-6-10-13-17/h6,9-10,12-13,15-16H,4-5,7-8,11,14H2,1-3H3. The van der Waals surface area contributed by atoms with Crippen LogP contribution >= 0.6 is 0 Å². The molecule has 3 nitrogen and oxygen atoms in total. The number of methoxy groups -OCH3 is 3. The monoisotopic (exact) mass is 328 g/mol. The first kappa shape index (κ1) is 18.2. The van der Waals surface area contributed by atoms with Crippen molar-refractivity contribution >= 4 is 0 Å². The molecule has 0 aliphatic heterocycles. The van der Waals surface area contributed by atoms with Crippen LogP contribution in [0.4, 0.5) is 0 Å². The summed E-state index contributed by atoms with van der Waals surface area (Å²) in [7, 11) is 4.95. The van der Waals surface area contributed by atoms with Gasteiger partial charge in [-0.1, -0.05) is 43.2 Å². The summed E-state index contributed by atoms with van der Waals surface area (Å²) in [5.41, 5.74) is 2.66. The summed E-state index contributed by atoms with van der Waals surface area (Å²) in [6.07, 6.45) is 7.13. The zero-order valence-corrected chi connectivity index (χ0v) is 15.0. The summed E-state index contributed by atoms with van der Waals surface area (Å²) < 4.78 is 16.2. The highest BCUT2D eigenvalue weighted by atomic mass is 16.5. The molecule has 0 aromatic heterocycles. The minimum absolute atomic E-state index is 0.659. The van der Waals surface area contributed by atoms with Gasteiger partial charge < -0.3 is 14.2 Å². The van der Waals surface area contributed by atoms with Gasteiger partial charge in [0.1, 0.15) is 0 Å². The molecule has 24 heavy (non-hydrogen) atoms. The van der Waals surface area contributed by atoms with Crippen molar-refractivity contribution in [2.45, 2.75) is 38.5 Å². The van der Waals surface area contributed by atoms with Crippen molar-refractivity contribution in [3.63, 3.8) is 0 Å². The third-order valence-electron chi connectivity index (χ3n) is 4.25. The van der Waals surface area contributed by atoms with Gasteiger partial charge >= 0.3 is 0 Å². The van der Waals surface area contributed by atoms with Crippen LogP contribution in [-0.4, -0.2) is 21.3 Å². The van der Waals surface area contributed by atoms with Gasteiger partial charge in [-0.3, -0.25) is 0 Å². The molecular formula is C21H28O3. The Morgan fingerprint density at radius 1 is 0.625 bits per heavy atom. The summed E-state index contributed by atoms with van der Waals surface area (Å²) in [4.78, 5) is 0. The molecule has 0 amide bonds. The van der Waals surface area contributed by atoms with Crippen LogP contribution < -0.4 is 14.2 Å². The maximum atomic E-state index is 5.41. The molecule has 0 N–H and O–H groups in total. The van der Waals surface area contributed by atoms with Gasteiger partial charge in [-0.15, -0.1) is 0 Å². The molecule has 0 atom stereocenters. The molecular weight excluding hydrogens is 300 g/mol. The van der Waals surface area contributed by atoms with Crippen molar-refractivity contribution in [1.29, 1.82) is 0 Å². The van der Waals surface area contributed by atoms with Crippen molar-refractivity contribution < 1.29 is 14.2 Å². The van der Waals surface area contributed by atoms with Gasteiger partial charge in [0.25, 0.3) is 0 Å². The molecule has 3 heteroatoms. The molecule has 2 aromatic rings. The average Bonchev–Trinajstić information content (AvgIpc) is 2.64. The van der Waals surface area contributed by atoms with E-state index in [1.807, 2.05) is 12.1 Å². The van der Waals surface area contributed by atoms with E-state index in [1.54, 1.807) is 21.3 Å². The molecule has 2 aromatic carbocycles. The Morgan fingerprint density at radius 2 is 1.17 bits per heavy atom. The fraction of sp³-hybridized carbons (Fsp3) is 0.429. The maximum absolute atomic E-state index is 5.41.